The molecule has 0 fully saturated rings. The van der Waals surface area contributed by atoms with Crippen LogP contribution in [0.5, 0.6) is 0 Å². The average Bonchev–Trinajstić information content (AvgIpc) is 3.16. The summed E-state index contributed by atoms with van der Waals surface area (Å²) in [4.78, 5) is 25.2. The Morgan fingerprint density at radius 1 is 0.862 bits per heavy atom. The van der Waals surface area contributed by atoms with Gasteiger partial charge in [0.15, 0.2) is 5.69 Å². The maximum Gasteiger partial charge on any atom is 0.276 e. The van der Waals surface area contributed by atoms with Crippen molar-refractivity contribution >= 4 is 23.2 Å². The van der Waals surface area contributed by atoms with Gasteiger partial charge in [0.1, 0.15) is 6.04 Å². The monoisotopic (exact) mass is 390 g/mol. The van der Waals surface area contributed by atoms with Gasteiger partial charge in [-0.3, -0.25) is 14.3 Å². The number of aromatic nitrogens is 2. The minimum atomic E-state index is -0.557. The molecule has 0 unspecified atom stereocenters. The van der Waals surface area contributed by atoms with Crippen molar-refractivity contribution in [2.24, 2.45) is 0 Å². The maximum absolute atomic E-state index is 12.6. The first kappa shape index (κ1) is 20.3. The maximum atomic E-state index is 12.6. The molecule has 1 aromatic heterocycles. The van der Waals surface area contributed by atoms with Crippen LogP contribution < -0.4 is 10.6 Å². The molecule has 0 radical (unpaired) electrons. The van der Waals surface area contributed by atoms with Crippen LogP contribution in [0.2, 0.25) is 0 Å². The number of hydrogen-bond donors (Lipinski definition) is 2. The summed E-state index contributed by atoms with van der Waals surface area (Å²) in [5.41, 5.74) is 6.03. The molecule has 0 aliphatic rings. The van der Waals surface area contributed by atoms with E-state index in [4.69, 9.17) is 0 Å². The minimum Gasteiger partial charge on any atom is -0.324 e. The van der Waals surface area contributed by atoms with Crippen LogP contribution in [0.4, 0.5) is 11.4 Å². The highest BCUT2D eigenvalue weighted by atomic mass is 16.2. The number of carbonyl (C=O) groups excluding carboxylic acids is 2. The summed E-state index contributed by atoms with van der Waals surface area (Å²) in [5, 5.41) is 10.1. The molecular weight excluding hydrogens is 364 g/mol. The number of nitrogens with zero attached hydrogens (tertiary/aromatic N) is 2. The second-order valence-electron chi connectivity index (χ2n) is 7.44. The van der Waals surface area contributed by atoms with Gasteiger partial charge in [-0.05, 0) is 63.9 Å². The van der Waals surface area contributed by atoms with E-state index in [1.165, 1.54) is 4.68 Å². The Labute approximate surface area is 170 Å². The molecule has 3 rings (SSSR count). The fraction of sp³-hybridized carbons (Fsp3) is 0.261. The van der Waals surface area contributed by atoms with Crippen molar-refractivity contribution in [3.05, 3.63) is 76.6 Å². The Hall–Kier alpha value is -3.41. The lowest BCUT2D eigenvalue weighted by Gasteiger charge is -2.14. The van der Waals surface area contributed by atoms with Gasteiger partial charge in [-0.1, -0.05) is 35.4 Å². The number of benzene rings is 2. The second-order valence-corrected chi connectivity index (χ2v) is 7.44. The summed E-state index contributed by atoms with van der Waals surface area (Å²) in [6.45, 7) is 9.66. The van der Waals surface area contributed by atoms with Crippen LogP contribution >= 0.6 is 0 Å². The molecule has 1 heterocycles. The molecular formula is C23H26N4O2. The van der Waals surface area contributed by atoms with Gasteiger partial charge in [0, 0.05) is 17.6 Å². The molecule has 0 bridgehead atoms. The Morgan fingerprint density at radius 3 is 1.97 bits per heavy atom. The quantitative estimate of drug-likeness (QED) is 0.670. The zero-order chi connectivity index (χ0) is 21.1. The molecule has 0 aliphatic carbocycles. The molecule has 2 amide bonds. The van der Waals surface area contributed by atoms with E-state index in [-0.39, 0.29) is 17.5 Å². The zero-order valence-electron chi connectivity index (χ0n) is 17.4. The Kier molecular flexibility index (Phi) is 5.82. The highest BCUT2D eigenvalue weighted by molar-refractivity contribution is 6.03. The van der Waals surface area contributed by atoms with Crippen molar-refractivity contribution in [3.63, 3.8) is 0 Å². The van der Waals surface area contributed by atoms with E-state index < -0.39 is 6.04 Å². The molecule has 2 aromatic carbocycles. The number of amides is 2. The van der Waals surface area contributed by atoms with E-state index in [9.17, 15) is 9.59 Å². The van der Waals surface area contributed by atoms with E-state index >= 15 is 0 Å². The Morgan fingerprint density at radius 2 is 1.41 bits per heavy atom. The van der Waals surface area contributed by atoms with Crippen molar-refractivity contribution < 1.29 is 9.59 Å². The highest BCUT2D eigenvalue weighted by Gasteiger charge is 2.19. The average molecular weight is 390 g/mol. The Balaban J connectivity index is 1.69. The van der Waals surface area contributed by atoms with Gasteiger partial charge in [0.2, 0.25) is 5.91 Å². The van der Waals surface area contributed by atoms with Crippen molar-refractivity contribution in [1.82, 2.24) is 9.78 Å². The summed E-state index contributed by atoms with van der Waals surface area (Å²) in [6, 6.07) is 12.7. The molecule has 2 N–H and O–H groups in total. The summed E-state index contributed by atoms with van der Waals surface area (Å²) in [5.74, 6) is -0.501. The molecule has 0 saturated carbocycles. The first-order valence-corrected chi connectivity index (χ1v) is 9.56. The van der Waals surface area contributed by atoms with E-state index in [0.717, 1.165) is 33.6 Å². The van der Waals surface area contributed by atoms with E-state index in [0.29, 0.717) is 0 Å². The van der Waals surface area contributed by atoms with Crippen molar-refractivity contribution in [1.29, 1.82) is 0 Å². The van der Waals surface area contributed by atoms with Crippen LogP contribution in [0.1, 0.15) is 45.7 Å². The predicted octanol–water partition coefficient (Wildman–Crippen LogP) is 4.57. The van der Waals surface area contributed by atoms with Crippen LogP contribution in [0, 0.1) is 27.7 Å². The molecule has 0 spiro atoms. The van der Waals surface area contributed by atoms with Crippen LogP contribution in [-0.4, -0.2) is 21.6 Å². The molecule has 29 heavy (non-hydrogen) atoms. The van der Waals surface area contributed by atoms with Gasteiger partial charge in [-0.25, -0.2) is 0 Å². The van der Waals surface area contributed by atoms with Crippen LogP contribution in [0.25, 0.3) is 0 Å². The highest BCUT2D eigenvalue weighted by Crippen LogP contribution is 2.19. The third kappa shape index (κ3) is 4.71. The van der Waals surface area contributed by atoms with Gasteiger partial charge < -0.3 is 10.6 Å². The third-order valence-electron chi connectivity index (χ3n) is 4.89. The molecule has 6 heteroatoms. The van der Waals surface area contributed by atoms with Gasteiger partial charge in [-0.2, -0.15) is 5.10 Å². The largest absolute Gasteiger partial charge is 0.324 e. The number of carbonyl (C=O) groups is 2. The first-order valence-electron chi connectivity index (χ1n) is 9.56. The summed E-state index contributed by atoms with van der Waals surface area (Å²) in [7, 11) is 0. The molecule has 0 saturated heterocycles. The topological polar surface area (TPSA) is 76.0 Å². The Bertz CT molecular complexity index is 1070. The molecule has 3 aromatic rings. The minimum absolute atomic E-state index is 0.193. The van der Waals surface area contributed by atoms with E-state index in [1.807, 2.05) is 64.1 Å². The van der Waals surface area contributed by atoms with Crippen LogP contribution in [0.15, 0.2) is 48.7 Å². The standard InChI is InChI=1S/C23H26N4O2/c1-14-6-8-19(16(3)12-14)24-22(28)18(5)27-11-10-21(26-27)23(29)25-20-9-7-15(2)13-17(20)4/h6-13,18H,1-5H3,(H,24,28)(H,25,29)/t18-/m1/s1. The SMILES string of the molecule is Cc1ccc(NC(=O)c2ccn([C@H](C)C(=O)Nc3ccc(C)cc3C)n2)c(C)c1. The molecule has 6 nitrogen and oxygen atoms in total. The van der Waals surface area contributed by atoms with E-state index in [1.54, 1.807) is 19.2 Å². The van der Waals surface area contributed by atoms with Gasteiger partial charge in [0.05, 0.1) is 0 Å². The smallest absolute Gasteiger partial charge is 0.276 e. The fourth-order valence-electron chi connectivity index (χ4n) is 3.13. The lowest BCUT2D eigenvalue weighted by Crippen LogP contribution is -2.25. The second kappa shape index (κ2) is 8.31. The van der Waals surface area contributed by atoms with Gasteiger partial charge in [0.25, 0.3) is 5.91 Å². The van der Waals surface area contributed by atoms with Gasteiger partial charge >= 0.3 is 0 Å². The van der Waals surface area contributed by atoms with Crippen molar-refractivity contribution in [3.8, 4) is 0 Å². The molecule has 0 aliphatic heterocycles. The summed E-state index contributed by atoms with van der Waals surface area (Å²) < 4.78 is 1.50. The molecule has 150 valence electrons. The van der Waals surface area contributed by atoms with Crippen LogP contribution in [0.3, 0.4) is 0 Å². The summed E-state index contributed by atoms with van der Waals surface area (Å²) >= 11 is 0. The number of rotatable bonds is 5. The van der Waals surface area contributed by atoms with Crippen molar-refractivity contribution in [2.45, 2.75) is 40.7 Å². The van der Waals surface area contributed by atoms with Crippen molar-refractivity contribution in [2.75, 3.05) is 10.6 Å². The lowest BCUT2D eigenvalue weighted by molar-refractivity contribution is -0.119. The fourth-order valence-corrected chi connectivity index (χ4v) is 3.13. The number of nitrogens with one attached hydrogen (secondary N) is 2. The van der Waals surface area contributed by atoms with Crippen LogP contribution in [-0.2, 0) is 4.79 Å². The van der Waals surface area contributed by atoms with E-state index in [2.05, 4.69) is 15.7 Å². The number of hydrogen-bond acceptors (Lipinski definition) is 3. The van der Waals surface area contributed by atoms with Gasteiger partial charge in [-0.15, -0.1) is 0 Å². The predicted molar refractivity (Wildman–Crippen MR) is 115 cm³/mol. The lowest BCUT2D eigenvalue weighted by atomic mass is 10.1. The first-order chi connectivity index (χ1) is 13.7. The third-order valence-corrected chi connectivity index (χ3v) is 4.89. The summed E-state index contributed by atoms with van der Waals surface area (Å²) in [6.07, 6.45) is 1.64. The molecule has 1 atom stereocenters. The number of aryl methyl sites for hydroxylation is 4. The number of anilines is 2. The zero-order valence-corrected chi connectivity index (χ0v) is 17.4. The normalized spacial score (nSPS) is 11.8.